The van der Waals surface area contributed by atoms with E-state index in [1.165, 1.54) is 6.07 Å². The number of nitrogens with one attached hydrogen (secondary N) is 1. The van der Waals surface area contributed by atoms with E-state index in [2.05, 4.69) is 10.2 Å². The van der Waals surface area contributed by atoms with E-state index in [0.29, 0.717) is 0 Å². The van der Waals surface area contributed by atoms with Crippen LogP contribution >= 0.6 is 0 Å². The summed E-state index contributed by atoms with van der Waals surface area (Å²) in [5.74, 6) is -0.941. The van der Waals surface area contributed by atoms with Gasteiger partial charge in [0.1, 0.15) is 17.4 Å². The Morgan fingerprint density at radius 1 is 1.08 bits per heavy atom. The van der Waals surface area contributed by atoms with Crippen molar-refractivity contribution in [3.8, 4) is 5.75 Å². The molecule has 0 spiro atoms. The van der Waals surface area contributed by atoms with Crippen LogP contribution < -0.4 is 15.0 Å². The van der Waals surface area contributed by atoms with Crippen LogP contribution in [-0.4, -0.2) is 50.6 Å². The maximum Gasteiger partial charge on any atom is 0.238 e. The molecule has 1 aliphatic heterocycles. The van der Waals surface area contributed by atoms with Crippen molar-refractivity contribution in [3.63, 3.8) is 0 Å². The molecule has 0 bridgehead atoms. The van der Waals surface area contributed by atoms with Crippen molar-refractivity contribution in [2.24, 2.45) is 0 Å². The predicted molar refractivity (Wildman–Crippen MR) is 96.6 cm³/mol. The van der Waals surface area contributed by atoms with E-state index in [4.69, 9.17) is 4.74 Å². The number of piperazine rings is 1. The lowest BCUT2D eigenvalue weighted by molar-refractivity contribution is -0.117. The number of hydrogen-bond donors (Lipinski definition) is 1. The Morgan fingerprint density at radius 2 is 1.77 bits per heavy atom. The molecule has 0 saturated carbocycles. The van der Waals surface area contributed by atoms with E-state index in [-0.39, 0.29) is 18.1 Å². The van der Waals surface area contributed by atoms with Crippen LogP contribution in [-0.2, 0) is 4.79 Å². The Balaban J connectivity index is 1.49. The number of benzene rings is 2. The van der Waals surface area contributed by atoms with Crippen molar-refractivity contribution >= 4 is 17.3 Å². The van der Waals surface area contributed by atoms with Crippen molar-refractivity contribution in [2.45, 2.75) is 0 Å². The van der Waals surface area contributed by atoms with Crippen LogP contribution in [0, 0.1) is 11.6 Å². The van der Waals surface area contributed by atoms with Crippen molar-refractivity contribution in [1.29, 1.82) is 0 Å². The lowest BCUT2D eigenvalue weighted by Gasteiger charge is -2.35. The van der Waals surface area contributed by atoms with Crippen LogP contribution in [0.1, 0.15) is 0 Å². The third-order valence-electron chi connectivity index (χ3n) is 4.38. The quantitative estimate of drug-likeness (QED) is 0.890. The third kappa shape index (κ3) is 4.49. The Morgan fingerprint density at radius 3 is 2.38 bits per heavy atom. The number of halogens is 2. The average Bonchev–Trinajstić information content (AvgIpc) is 2.65. The molecule has 1 aliphatic rings. The van der Waals surface area contributed by atoms with Gasteiger partial charge in [-0.25, -0.2) is 8.78 Å². The molecule has 0 atom stereocenters. The maximum absolute atomic E-state index is 13.6. The molecule has 138 valence electrons. The molecule has 0 unspecified atom stereocenters. The van der Waals surface area contributed by atoms with E-state index in [1.807, 2.05) is 29.2 Å². The second-order valence-corrected chi connectivity index (χ2v) is 6.13. The molecule has 7 heteroatoms. The predicted octanol–water partition coefficient (Wildman–Crippen LogP) is 2.73. The third-order valence-corrected chi connectivity index (χ3v) is 4.38. The van der Waals surface area contributed by atoms with Crippen molar-refractivity contribution < 1.29 is 18.3 Å². The average molecular weight is 361 g/mol. The lowest BCUT2D eigenvalue weighted by Crippen LogP contribution is -2.48. The molecule has 1 N–H and O–H groups in total. The molecule has 3 rings (SSSR count). The normalized spacial score (nSPS) is 15.0. The fourth-order valence-electron chi connectivity index (χ4n) is 2.94. The van der Waals surface area contributed by atoms with Crippen LogP contribution in [0.4, 0.5) is 20.2 Å². The minimum Gasteiger partial charge on any atom is -0.497 e. The Kier molecular flexibility index (Phi) is 5.68. The number of anilines is 2. The van der Waals surface area contributed by atoms with Crippen molar-refractivity contribution in [2.75, 3.05) is 50.1 Å². The molecular formula is C19H21F2N3O2. The van der Waals surface area contributed by atoms with Gasteiger partial charge in [-0.05, 0) is 36.4 Å². The first-order valence-corrected chi connectivity index (χ1v) is 8.41. The van der Waals surface area contributed by atoms with Crippen molar-refractivity contribution in [1.82, 2.24) is 4.90 Å². The standard InChI is InChI=1S/C19H21F2N3O2/c1-26-16-5-3-15(4-6-16)24-10-8-23(9-11-24)13-19(25)22-18-7-2-14(20)12-17(18)21/h2-7,12H,8-11,13H2,1H3,(H,22,25). The van der Waals surface area contributed by atoms with E-state index in [1.54, 1.807) is 7.11 Å². The smallest absolute Gasteiger partial charge is 0.238 e. The number of amides is 1. The summed E-state index contributed by atoms with van der Waals surface area (Å²) in [5.41, 5.74) is 1.11. The first-order chi connectivity index (χ1) is 12.5. The summed E-state index contributed by atoms with van der Waals surface area (Å²) in [6, 6.07) is 11.0. The highest BCUT2D eigenvalue weighted by molar-refractivity contribution is 5.92. The largest absolute Gasteiger partial charge is 0.497 e. The number of methoxy groups -OCH3 is 1. The Bertz CT molecular complexity index is 760. The van der Waals surface area contributed by atoms with Crippen LogP contribution in [0.15, 0.2) is 42.5 Å². The highest BCUT2D eigenvalue weighted by Crippen LogP contribution is 2.20. The van der Waals surface area contributed by atoms with Gasteiger partial charge in [0.25, 0.3) is 0 Å². The molecule has 2 aromatic rings. The van der Waals surface area contributed by atoms with Gasteiger partial charge in [-0.2, -0.15) is 0 Å². The maximum atomic E-state index is 13.6. The monoisotopic (exact) mass is 361 g/mol. The zero-order valence-corrected chi connectivity index (χ0v) is 14.5. The number of carbonyl (C=O) groups is 1. The summed E-state index contributed by atoms with van der Waals surface area (Å²) in [6.45, 7) is 3.22. The van der Waals surface area contributed by atoms with Gasteiger partial charge in [-0.3, -0.25) is 9.69 Å². The van der Waals surface area contributed by atoms with E-state index in [9.17, 15) is 13.6 Å². The molecular weight excluding hydrogens is 340 g/mol. The van der Waals surface area contributed by atoms with Crippen LogP contribution in [0.5, 0.6) is 5.75 Å². The van der Waals surface area contributed by atoms with E-state index in [0.717, 1.165) is 49.7 Å². The second-order valence-electron chi connectivity index (χ2n) is 6.13. The molecule has 1 amide bonds. The van der Waals surface area contributed by atoms with Crippen LogP contribution in [0.2, 0.25) is 0 Å². The molecule has 1 heterocycles. The molecule has 2 aromatic carbocycles. The summed E-state index contributed by atoms with van der Waals surface area (Å²) in [7, 11) is 1.64. The zero-order valence-electron chi connectivity index (χ0n) is 14.5. The summed E-state index contributed by atoms with van der Waals surface area (Å²) in [5, 5.41) is 2.49. The fourth-order valence-corrected chi connectivity index (χ4v) is 2.94. The molecule has 1 saturated heterocycles. The molecule has 5 nitrogen and oxygen atoms in total. The second kappa shape index (κ2) is 8.14. The van der Waals surface area contributed by atoms with Crippen LogP contribution in [0.25, 0.3) is 0 Å². The summed E-state index contributed by atoms with van der Waals surface area (Å²) in [6.07, 6.45) is 0. The van der Waals surface area contributed by atoms with E-state index >= 15 is 0 Å². The van der Waals surface area contributed by atoms with Gasteiger partial charge >= 0.3 is 0 Å². The number of ether oxygens (including phenoxy) is 1. The number of carbonyl (C=O) groups excluding carboxylic acids is 1. The minimum atomic E-state index is -0.775. The highest BCUT2D eigenvalue weighted by atomic mass is 19.1. The van der Waals surface area contributed by atoms with Gasteiger partial charge in [0.2, 0.25) is 5.91 Å². The Labute approximate surface area is 151 Å². The fraction of sp³-hybridized carbons (Fsp3) is 0.316. The molecule has 0 aliphatic carbocycles. The first-order valence-electron chi connectivity index (χ1n) is 8.41. The summed E-state index contributed by atoms with van der Waals surface area (Å²) in [4.78, 5) is 16.4. The van der Waals surface area contributed by atoms with E-state index < -0.39 is 11.6 Å². The van der Waals surface area contributed by atoms with Gasteiger partial charge in [0, 0.05) is 37.9 Å². The molecule has 0 radical (unpaired) electrons. The lowest BCUT2D eigenvalue weighted by atomic mass is 10.2. The zero-order chi connectivity index (χ0) is 18.5. The number of nitrogens with zero attached hydrogens (tertiary/aromatic N) is 2. The van der Waals surface area contributed by atoms with Crippen molar-refractivity contribution in [3.05, 3.63) is 54.1 Å². The summed E-state index contributed by atoms with van der Waals surface area (Å²) >= 11 is 0. The van der Waals surface area contributed by atoms with Gasteiger partial charge < -0.3 is 15.0 Å². The SMILES string of the molecule is COc1ccc(N2CCN(CC(=O)Nc3ccc(F)cc3F)CC2)cc1. The summed E-state index contributed by atoms with van der Waals surface area (Å²) < 4.78 is 31.7. The van der Waals surface area contributed by atoms with Gasteiger partial charge in [-0.15, -0.1) is 0 Å². The topological polar surface area (TPSA) is 44.8 Å². The van der Waals surface area contributed by atoms with Crippen LogP contribution in [0.3, 0.4) is 0 Å². The number of hydrogen-bond acceptors (Lipinski definition) is 4. The molecule has 0 aromatic heterocycles. The van der Waals surface area contributed by atoms with Gasteiger partial charge in [0.05, 0.1) is 19.3 Å². The first kappa shape index (κ1) is 18.1. The van der Waals surface area contributed by atoms with Gasteiger partial charge in [-0.1, -0.05) is 0 Å². The highest BCUT2D eigenvalue weighted by Gasteiger charge is 2.19. The Hall–Kier alpha value is -2.67. The number of rotatable bonds is 5. The minimum absolute atomic E-state index is 0.00623. The van der Waals surface area contributed by atoms with Gasteiger partial charge in [0.15, 0.2) is 0 Å². The molecule has 26 heavy (non-hydrogen) atoms. The molecule has 1 fully saturated rings.